The van der Waals surface area contributed by atoms with Crippen LogP contribution in [0.15, 0.2) is 10.5 Å². The summed E-state index contributed by atoms with van der Waals surface area (Å²) in [5, 5.41) is 0. The van der Waals surface area contributed by atoms with Crippen molar-refractivity contribution in [2.75, 3.05) is 0 Å². The number of hydrogen-bond acceptors (Lipinski definition) is 1. The Kier molecular flexibility index (Phi) is 4.09. The summed E-state index contributed by atoms with van der Waals surface area (Å²) in [7, 11) is 0. The van der Waals surface area contributed by atoms with Gasteiger partial charge in [0, 0.05) is 4.47 Å². The highest BCUT2D eigenvalue weighted by molar-refractivity contribution is 14.1. The summed E-state index contributed by atoms with van der Waals surface area (Å²) in [5.41, 5.74) is -0.158. The minimum absolute atomic E-state index is 0.158. The van der Waals surface area contributed by atoms with E-state index in [0.29, 0.717) is 11.7 Å². The van der Waals surface area contributed by atoms with Crippen LogP contribution in [-0.4, -0.2) is 4.98 Å². The molecule has 1 rings (SSSR count). The van der Waals surface area contributed by atoms with Crippen LogP contribution in [0.2, 0.25) is 0 Å². The minimum atomic E-state index is -2.51. The van der Waals surface area contributed by atoms with Gasteiger partial charge in [0.05, 0.1) is 3.57 Å². The second-order valence-corrected chi connectivity index (χ2v) is 4.97. The van der Waals surface area contributed by atoms with E-state index < -0.39 is 6.43 Å². The van der Waals surface area contributed by atoms with Gasteiger partial charge in [-0.3, -0.25) is 0 Å². The Labute approximate surface area is 104 Å². The van der Waals surface area contributed by atoms with Gasteiger partial charge in [-0.05, 0) is 67.2 Å². The summed E-state index contributed by atoms with van der Waals surface area (Å²) >= 11 is 6.93. The van der Waals surface area contributed by atoms with E-state index >= 15 is 0 Å². The molecule has 1 heterocycles. The van der Waals surface area contributed by atoms with Crippen molar-refractivity contribution < 1.29 is 8.78 Å². The molecule has 0 spiro atoms. The monoisotopic (exact) mass is 459 g/mol. The first-order chi connectivity index (χ1) is 5.52. The lowest BCUT2D eigenvalue weighted by Gasteiger charge is -2.04. The van der Waals surface area contributed by atoms with Crippen molar-refractivity contribution in [1.82, 2.24) is 4.98 Å². The van der Waals surface area contributed by atoms with Gasteiger partial charge in [-0.15, -0.1) is 0 Å². The molecule has 0 aliphatic carbocycles. The fourth-order valence-electron chi connectivity index (χ4n) is 0.631. The van der Waals surface area contributed by atoms with Crippen molar-refractivity contribution in [2.45, 2.75) is 6.43 Å². The summed E-state index contributed by atoms with van der Waals surface area (Å²) in [4.78, 5) is 3.73. The summed E-state index contributed by atoms with van der Waals surface area (Å²) in [6.45, 7) is 0. The van der Waals surface area contributed by atoms with E-state index in [1.807, 2.05) is 45.2 Å². The molecule has 0 N–H and O–H groups in total. The number of pyridine rings is 1. The molecule has 0 fully saturated rings. The number of aromatic nitrogens is 1. The van der Waals surface area contributed by atoms with Crippen molar-refractivity contribution in [3.05, 3.63) is 23.5 Å². The number of nitrogens with zero attached hydrogens (tertiary/aromatic N) is 1. The first kappa shape index (κ1) is 11.0. The lowest BCUT2D eigenvalue weighted by Crippen LogP contribution is -1.97. The van der Waals surface area contributed by atoms with Gasteiger partial charge < -0.3 is 0 Å². The van der Waals surface area contributed by atoms with E-state index in [1.165, 1.54) is 0 Å². The van der Waals surface area contributed by atoms with Crippen molar-refractivity contribution in [3.63, 3.8) is 0 Å². The highest BCUT2D eigenvalue weighted by Crippen LogP contribution is 2.29. The van der Waals surface area contributed by atoms with Crippen LogP contribution in [0.3, 0.4) is 0 Å². The highest BCUT2D eigenvalue weighted by atomic mass is 127. The van der Waals surface area contributed by atoms with Crippen molar-refractivity contribution in [3.8, 4) is 0 Å². The second-order valence-electron chi connectivity index (χ2n) is 1.93. The molecule has 0 amide bonds. The molecule has 0 atom stereocenters. The smallest absolute Gasteiger partial charge is 0.240 e. The van der Waals surface area contributed by atoms with Crippen LogP contribution in [0, 0.1) is 7.27 Å². The maximum atomic E-state index is 12.3. The molecule has 0 saturated heterocycles. The van der Waals surface area contributed by atoms with E-state index in [1.54, 1.807) is 6.07 Å². The Bertz CT molecular complexity index is 306. The largest absolute Gasteiger partial charge is 0.281 e. The molecule has 0 bridgehead atoms. The van der Waals surface area contributed by atoms with Crippen LogP contribution >= 0.6 is 61.1 Å². The third-order valence-electron chi connectivity index (χ3n) is 1.11. The average Bonchev–Trinajstić information content (AvgIpc) is 1.96. The molecule has 6 heteroatoms. The Morgan fingerprint density at radius 3 is 2.50 bits per heavy atom. The van der Waals surface area contributed by atoms with E-state index in [4.69, 9.17) is 0 Å². The van der Waals surface area contributed by atoms with Crippen LogP contribution < -0.4 is 0 Å². The Hall–Kier alpha value is 0.950. The first-order valence-corrected chi connectivity index (χ1v) is 5.77. The SMILES string of the molecule is FC(F)c1nc(I)cc(Br)c1I. The fourth-order valence-corrected chi connectivity index (χ4v) is 2.56. The normalized spacial score (nSPS) is 10.8. The van der Waals surface area contributed by atoms with Crippen LogP contribution in [-0.2, 0) is 0 Å². The summed E-state index contributed by atoms with van der Waals surface area (Å²) in [6, 6.07) is 1.70. The summed E-state index contributed by atoms with van der Waals surface area (Å²) < 4.78 is 26.3. The van der Waals surface area contributed by atoms with Crippen molar-refractivity contribution >= 4 is 61.1 Å². The molecule has 0 aliphatic rings. The molecule has 1 aromatic heterocycles. The number of halogens is 5. The van der Waals surface area contributed by atoms with Gasteiger partial charge in [0.1, 0.15) is 9.39 Å². The zero-order chi connectivity index (χ0) is 9.30. The second kappa shape index (κ2) is 4.45. The maximum Gasteiger partial charge on any atom is 0.281 e. The zero-order valence-corrected chi connectivity index (χ0v) is 11.4. The van der Waals surface area contributed by atoms with Gasteiger partial charge in [-0.1, -0.05) is 0 Å². The molecular weight excluding hydrogens is 458 g/mol. The van der Waals surface area contributed by atoms with Crippen LogP contribution in [0.4, 0.5) is 8.78 Å². The van der Waals surface area contributed by atoms with Crippen LogP contribution in [0.1, 0.15) is 12.1 Å². The lowest BCUT2D eigenvalue weighted by molar-refractivity contribution is 0.144. The Morgan fingerprint density at radius 2 is 2.00 bits per heavy atom. The standard InChI is InChI=1S/C6H2BrF2I2N/c7-2-1-3(10)12-5(4(2)11)6(8)9/h1,6H. The van der Waals surface area contributed by atoms with Gasteiger partial charge in [-0.25, -0.2) is 13.8 Å². The first-order valence-electron chi connectivity index (χ1n) is 2.82. The molecule has 1 nitrogen and oxygen atoms in total. The van der Waals surface area contributed by atoms with Gasteiger partial charge in [0.15, 0.2) is 0 Å². The predicted molar refractivity (Wildman–Crippen MR) is 62.3 cm³/mol. The van der Waals surface area contributed by atoms with E-state index in [0.717, 1.165) is 0 Å². The molecule has 1 aromatic rings. The Morgan fingerprint density at radius 1 is 1.42 bits per heavy atom. The van der Waals surface area contributed by atoms with Gasteiger partial charge in [0.25, 0.3) is 6.43 Å². The molecule has 12 heavy (non-hydrogen) atoms. The molecule has 0 unspecified atom stereocenters. The van der Waals surface area contributed by atoms with Gasteiger partial charge >= 0.3 is 0 Å². The summed E-state index contributed by atoms with van der Waals surface area (Å²) in [5.74, 6) is 0. The van der Waals surface area contributed by atoms with E-state index in [2.05, 4.69) is 20.9 Å². The average molecular weight is 460 g/mol. The lowest BCUT2D eigenvalue weighted by atomic mass is 10.4. The topological polar surface area (TPSA) is 12.9 Å². The fraction of sp³-hybridized carbons (Fsp3) is 0.167. The molecule has 0 radical (unpaired) electrons. The van der Waals surface area contributed by atoms with Crippen molar-refractivity contribution in [2.24, 2.45) is 0 Å². The van der Waals surface area contributed by atoms with Crippen LogP contribution in [0.5, 0.6) is 0 Å². The minimum Gasteiger partial charge on any atom is -0.240 e. The molecule has 0 saturated carbocycles. The molecule has 0 aliphatic heterocycles. The third-order valence-corrected chi connectivity index (χ3v) is 4.17. The van der Waals surface area contributed by atoms with Gasteiger partial charge in [-0.2, -0.15) is 0 Å². The molecule has 0 aromatic carbocycles. The Balaban J connectivity index is 3.28. The van der Waals surface area contributed by atoms with E-state index in [9.17, 15) is 8.78 Å². The molecular formula is C6H2BrF2I2N. The third kappa shape index (κ3) is 2.47. The predicted octanol–water partition coefficient (Wildman–Crippen LogP) is 3.99. The number of alkyl halides is 2. The number of rotatable bonds is 1. The van der Waals surface area contributed by atoms with E-state index in [-0.39, 0.29) is 5.69 Å². The maximum absolute atomic E-state index is 12.3. The summed E-state index contributed by atoms with van der Waals surface area (Å²) in [6.07, 6.45) is -2.51. The van der Waals surface area contributed by atoms with Gasteiger partial charge in [0.2, 0.25) is 0 Å². The van der Waals surface area contributed by atoms with Crippen LogP contribution in [0.25, 0.3) is 0 Å². The zero-order valence-electron chi connectivity index (χ0n) is 5.49. The highest BCUT2D eigenvalue weighted by Gasteiger charge is 2.16. The number of hydrogen-bond donors (Lipinski definition) is 0. The van der Waals surface area contributed by atoms with Crippen molar-refractivity contribution in [1.29, 1.82) is 0 Å². The quantitative estimate of drug-likeness (QED) is 0.457. The molecule has 66 valence electrons.